The summed E-state index contributed by atoms with van der Waals surface area (Å²) in [6, 6.07) is 0. The summed E-state index contributed by atoms with van der Waals surface area (Å²) in [5, 5.41) is 18.6. The van der Waals surface area contributed by atoms with Crippen molar-refractivity contribution >= 4 is 5.97 Å². The number of hydrogen-bond donors (Lipinski definition) is 2. The van der Waals surface area contributed by atoms with Gasteiger partial charge in [0.25, 0.3) is 0 Å². The van der Waals surface area contributed by atoms with E-state index in [0.717, 1.165) is 25.7 Å². The topological polar surface area (TPSA) is 57.5 Å². The monoisotopic (exact) mass is 216 g/mol. The van der Waals surface area contributed by atoms with Gasteiger partial charge in [0.1, 0.15) is 5.60 Å². The lowest BCUT2D eigenvalue weighted by Crippen LogP contribution is -2.48. The number of carboxylic acid groups (broad SMARTS) is 1. The molecule has 2 fully saturated rings. The van der Waals surface area contributed by atoms with Crippen molar-refractivity contribution in [3.8, 4) is 0 Å². The number of hydrogen-bond acceptors (Lipinski definition) is 2. The molecule has 3 nitrogen and oxygen atoms in total. The highest BCUT2D eigenvalue weighted by Gasteiger charge is 2.48. The van der Waals surface area contributed by atoms with E-state index in [9.17, 15) is 14.3 Å². The van der Waals surface area contributed by atoms with Crippen molar-refractivity contribution in [2.75, 3.05) is 0 Å². The Morgan fingerprint density at radius 3 is 2.53 bits per heavy atom. The summed E-state index contributed by atoms with van der Waals surface area (Å²) < 4.78 is 13.4. The number of halogens is 1. The highest BCUT2D eigenvalue weighted by Crippen LogP contribution is 2.47. The van der Waals surface area contributed by atoms with Crippen molar-refractivity contribution in [3.63, 3.8) is 0 Å². The maximum Gasteiger partial charge on any atom is 0.341 e. The molecule has 2 aliphatic carbocycles. The molecular weight excluding hydrogens is 199 g/mol. The zero-order valence-electron chi connectivity index (χ0n) is 8.66. The second-order valence-corrected chi connectivity index (χ2v) is 5.00. The molecule has 0 spiro atoms. The normalized spacial score (nSPS) is 38.7. The molecule has 2 saturated carbocycles. The molecule has 0 amide bonds. The van der Waals surface area contributed by atoms with Crippen molar-refractivity contribution in [1.82, 2.24) is 0 Å². The van der Waals surface area contributed by atoms with Gasteiger partial charge in [0.15, 0.2) is 0 Å². The second kappa shape index (κ2) is 3.74. The first kappa shape index (κ1) is 10.9. The van der Waals surface area contributed by atoms with Crippen LogP contribution < -0.4 is 0 Å². The highest BCUT2D eigenvalue weighted by molar-refractivity contribution is 5.73. The molecule has 15 heavy (non-hydrogen) atoms. The summed E-state index contributed by atoms with van der Waals surface area (Å²) in [4.78, 5) is 10.6. The fourth-order valence-electron chi connectivity index (χ4n) is 2.76. The predicted molar refractivity (Wildman–Crippen MR) is 52.2 cm³/mol. The van der Waals surface area contributed by atoms with Crippen molar-refractivity contribution in [2.24, 2.45) is 11.8 Å². The second-order valence-electron chi connectivity index (χ2n) is 5.00. The van der Waals surface area contributed by atoms with Crippen LogP contribution in [-0.4, -0.2) is 28.0 Å². The first-order chi connectivity index (χ1) is 7.03. The average Bonchev–Trinajstić information content (AvgIpc) is 2.99. The third-order valence-electron chi connectivity index (χ3n) is 3.78. The number of carbonyl (C=O) groups is 1. The van der Waals surface area contributed by atoms with Crippen LogP contribution in [-0.2, 0) is 4.79 Å². The van der Waals surface area contributed by atoms with E-state index in [-0.39, 0.29) is 6.42 Å². The van der Waals surface area contributed by atoms with Gasteiger partial charge >= 0.3 is 5.97 Å². The smallest absolute Gasteiger partial charge is 0.341 e. The third-order valence-corrected chi connectivity index (χ3v) is 3.78. The molecule has 2 rings (SSSR count). The van der Waals surface area contributed by atoms with Gasteiger partial charge in [-0.1, -0.05) is 6.42 Å². The summed E-state index contributed by atoms with van der Waals surface area (Å²) in [7, 11) is 0. The molecule has 0 aliphatic heterocycles. The van der Waals surface area contributed by atoms with Crippen LogP contribution in [0.25, 0.3) is 0 Å². The number of aliphatic hydroxyl groups is 1. The molecule has 0 bridgehead atoms. The predicted octanol–water partition coefficient (Wildman–Crippen LogP) is 1.74. The van der Waals surface area contributed by atoms with E-state index in [1.165, 1.54) is 0 Å². The molecule has 4 heteroatoms. The van der Waals surface area contributed by atoms with E-state index in [0.29, 0.717) is 18.3 Å². The minimum atomic E-state index is -2.13. The van der Waals surface area contributed by atoms with Crippen molar-refractivity contribution in [1.29, 1.82) is 0 Å². The molecule has 0 saturated heterocycles. The van der Waals surface area contributed by atoms with Gasteiger partial charge in [-0.15, -0.1) is 0 Å². The quantitative estimate of drug-likeness (QED) is 0.755. The molecule has 3 atom stereocenters. The van der Waals surface area contributed by atoms with E-state index in [1.54, 1.807) is 0 Å². The first-order valence-electron chi connectivity index (χ1n) is 5.62. The lowest BCUT2D eigenvalue weighted by atomic mass is 9.74. The summed E-state index contributed by atoms with van der Waals surface area (Å²) in [6.07, 6.45) is 2.55. The fourth-order valence-corrected chi connectivity index (χ4v) is 2.76. The van der Waals surface area contributed by atoms with Crippen molar-refractivity contribution < 1.29 is 19.4 Å². The minimum absolute atomic E-state index is 0.281. The van der Waals surface area contributed by atoms with Crippen LogP contribution in [0.4, 0.5) is 4.39 Å². The van der Waals surface area contributed by atoms with E-state index in [4.69, 9.17) is 5.11 Å². The SMILES string of the molecule is O=C(O)C(F)C1(O)CCCC(C2CC2)C1. The zero-order chi connectivity index (χ0) is 11.1. The molecule has 2 aliphatic rings. The average molecular weight is 216 g/mol. The van der Waals surface area contributed by atoms with Gasteiger partial charge in [-0.05, 0) is 43.9 Å². The fraction of sp³-hybridized carbons (Fsp3) is 0.909. The molecule has 0 aromatic carbocycles. The van der Waals surface area contributed by atoms with Crippen LogP contribution in [0, 0.1) is 11.8 Å². The van der Waals surface area contributed by atoms with Crippen molar-refractivity contribution in [3.05, 3.63) is 0 Å². The van der Waals surface area contributed by atoms with Crippen LogP contribution in [0.3, 0.4) is 0 Å². The maximum atomic E-state index is 13.4. The van der Waals surface area contributed by atoms with Gasteiger partial charge < -0.3 is 10.2 Å². The molecule has 2 N–H and O–H groups in total. The Morgan fingerprint density at radius 1 is 1.33 bits per heavy atom. The van der Waals surface area contributed by atoms with Gasteiger partial charge in [-0.2, -0.15) is 0 Å². The van der Waals surface area contributed by atoms with Gasteiger partial charge in [0, 0.05) is 0 Å². The Morgan fingerprint density at radius 2 is 2.00 bits per heavy atom. The molecule has 0 heterocycles. The van der Waals surface area contributed by atoms with Crippen LogP contribution in [0.15, 0.2) is 0 Å². The summed E-state index contributed by atoms with van der Waals surface area (Å²) in [5.41, 5.74) is -1.61. The summed E-state index contributed by atoms with van der Waals surface area (Å²) in [6.45, 7) is 0. The van der Waals surface area contributed by atoms with Crippen molar-refractivity contribution in [2.45, 2.75) is 50.3 Å². The number of aliphatic carboxylic acids is 1. The standard InChI is InChI=1S/C11H17FO3/c12-9(10(13)14)11(15)5-1-2-8(6-11)7-3-4-7/h7-9,15H,1-6H2,(H,13,14). The zero-order valence-corrected chi connectivity index (χ0v) is 8.66. The molecule has 0 aromatic heterocycles. The number of rotatable bonds is 3. The highest BCUT2D eigenvalue weighted by atomic mass is 19.1. The lowest BCUT2D eigenvalue weighted by molar-refractivity contribution is -0.159. The molecule has 3 unspecified atom stereocenters. The number of carboxylic acids is 1. The first-order valence-corrected chi connectivity index (χ1v) is 5.62. The third kappa shape index (κ3) is 2.14. The van der Waals surface area contributed by atoms with Crippen LogP contribution >= 0.6 is 0 Å². The van der Waals surface area contributed by atoms with E-state index in [1.807, 2.05) is 0 Å². The van der Waals surface area contributed by atoms with Gasteiger partial charge in [-0.3, -0.25) is 0 Å². The maximum absolute atomic E-state index is 13.4. The molecule has 86 valence electrons. The Balaban J connectivity index is 2.03. The van der Waals surface area contributed by atoms with Crippen LogP contribution in [0.1, 0.15) is 38.5 Å². The Bertz CT molecular complexity index is 265. The summed E-state index contributed by atoms with van der Waals surface area (Å²) in [5.74, 6) is -0.590. The largest absolute Gasteiger partial charge is 0.479 e. The van der Waals surface area contributed by atoms with E-state index < -0.39 is 17.7 Å². The van der Waals surface area contributed by atoms with E-state index >= 15 is 0 Å². The Hall–Kier alpha value is -0.640. The van der Waals surface area contributed by atoms with E-state index in [2.05, 4.69) is 0 Å². The Kier molecular flexibility index (Phi) is 2.71. The Labute approximate surface area is 88.3 Å². The molecular formula is C11H17FO3. The summed E-state index contributed by atoms with van der Waals surface area (Å²) >= 11 is 0. The van der Waals surface area contributed by atoms with Gasteiger partial charge in [-0.25, -0.2) is 9.18 Å². The van der Waals surface area contributed by atoms with Gasteiger partial charge in [0.2, 0.25) is 6.17 Å². The van der Waals surface area contributed by atoms with Gasteiger partial charge in [0.05, 0.1) is 0 Å². The van der Waals surface area contributed by atoms with Crippen LogP contribution in [0.2, 0.25) is 0 Å². The molecule has 0 radical (unpaired) electrons. The molecule has 0 aromatic rings. The lowest BCUT2D eigenvalue weighted by Gasteiger charge is -2.37. The minimum Gasteiger partial charge on any atom is -0.479 e. The number of alkyl halides is 1. The van der Waals surface area contributed by atoms with Crippen LogP contribution in [0.5, 0.6) is 0 Å².